The summed E-state index contributed by atoms with van der Waals surface area (Å²) in [6, 6.07) is 8.69. The number of hydrogen-bond donors (Lipinski definition) is 1. The lowest BCUT2D eigenvalue weighted by molar-refractivity contribution is 0.0904. The minimum Gasteiger partial charge on any atom is -0.490 e. The highest BCUT2D eigenvalue weighted by Crippen LogP contribution is 2.30. The fourth-order valence-corrected chi connectivity index (χ4v) is 3.05. The van der Waals surface area contributed by atoms with Gasteiger partial charge in [0.25, 0.3) is 0 Å². The van der Waals surface area contributed by atoms with E-state index in [2.05, 4.69) is 31.2 Å². The zero-order chi connectivity index (χ0) is 13.7. The molecule has 106 valence electrons. The second-order valence-corrected chi connectivity index (χ2v) is 5.93. The SMILES string of the molecule is CCC1CCCCC1Oc1ccc(CC(C)N)cc1. The van der Waals surface area contributed by atoms with E-state index in [1.807, 2.05) is 6.92 Å². The maximum Gasteiger partial charge on any atom is 0.119 e. The van der Waals surface area contributed by atoms with E-state index in [-0.39, 0.29) is 6.04 Å². The van der Waals surface area contributed by atoms with Crippen LogP contribution >= 0.6 is 0 Å². The molecule has 0 bridgehead atoms. The molecule has 0 aliphatic heterocycles. The number of hydrogen-bond acceptors (Lipinski definition) is 2. The summed E-state index contributed by atoms with van der Waals surface area (Å²) in [5, 5.41) is 0. The molecule has 2 rings (SSSR count). The molecule has 0 heterocycles. The van der Waals surface area contributed by atoms with Crippen molar-refractivity contribution in [2.24, 2.45) is 11.7 Å². The van der Waals surface area contributed by atoms with E-state index < -0.39 is 0 Å². The minimum absolute atomic E-state index is 0.217. The summed E-state index contributed by atoms with van der Waals surface area (Å²) in [4.78, 5) is 0. The van der Waals surface area contributed by atoms with Crippen LogP contribution in [0.2, 0.25) is 0 Å². The number of ether oxygens (including phenoxy) is 1. The van der Waals surface area contributed by atoms with E-state index in [4.69, 9.17) is 10.5 Å². The highest BCUT2D eigenvalue weighted by atomic mass is 16.5. The van der Waals surface area contributed by atoms with Gasteiger partial charge in [0.1, 0.15) is 11.9 Å². The topological polar surface area (TPSA) is 35.2 Å². The molecule has 3 atom stereocenters. The lowest BCUT2D eigenvalue weighted by atomic mass is 9.85. The molecule has 1 saturated carbocycles. The number of nitrogens with two attached hydrogens (primary N) is 1. The Bertz CT molecular complexity index is 371. The molecule has 0 amide bonds. The Morgan fingerprint density at radius 3 is 2.53 bits per heavy atom. The molecular weight excluding hydrogens is 234 g/mol. The first-order chi connectivity index (χ1) is 9.19. The zero-order valence-electron chi connectivity index (χ0n) is 12.3. The number of benzene rings is 1. The summed E-state index contributed by atoms with van der Waals surface area (Å²) in [5.41, 5.74) is 7.11. The highest BCUT2D eigenvalue weighted by molar-refractivity contribution is 5.28. The van der Waals surface area contributed by atoms with Crippen LogP contribution in [-0.2, 0) is 6.42 Å². The van der Waals surface area contributed by atoms with Crippen molar-refractivity contribution in [3.63, 3.8) is 0 Å². The Kier molecular flexibility index (Phi) is 5.26. The van der Waals surface area contributed by atoms with Crippen LogP contribution in [-0.4, -0.2) is 12.1 Å². The van der Waals surface area contributed by atoms with Gasteiger partial charge in [-0.05, 0) is 62.6 Å². The molecule has 1 aromatic rings. The molecular formula is C17H27NO. The van der Waals surface area contributed by atoms with Gasteiger partial charge in [0.2, 0.25) is 0 Å². The minimum atomic E-state index is 0.217. The van der Waals surface area contributed by atoms with Crippen LogP contribution in [0.4, 0.5) is 0 Å². The fourth-order valence-electron chi connectivity index (χ4n) is 3.05. The van der Waals surface area contributed by atoms with Crippen molar-refractivity contribution in [1.29, 1.82) is 0 Å². The predicted molar refractivity (Wildman–Crippen MR) is 80.5 cm³/mol. The van der Waals surface area contributed by atoms with Gasteiger partial charge in [0.05, 0.1) is 0 Å². The van der Waals surface area contributed by atoms with Crippen LogP contribution in [0.1, 0.15) is 51.5 Å². The van der Waals surface area contributed by atoms with E-state index in [9.17, 15) is 0 Å². The first-order valence-electron chi connectivity index (χ1n) is 7.70. The molecule has 1 aliphatic carbocycles. The number of rotatable bonds is 5. The second-order valence-electron chi connectivity index (χ2n) is 5.93. The lowest BCUT2D eigenvalue weighted by Gasteiger charge is -2.31. The molecule has 2 nitrogen and oxygen atoms in total. The average molecular weight is 261 g/mol. The maximum atomic E-state index is 6.19. The first-order valence-corrected chi connectivity index (χ1v) is 7.70. The quantitative estimate of drug-likeness (QED) is 0.871. The van der Waals surface area contributed by atoms with Gasteiger partial charge in [-0.25, -0.2) is 0 Å². The lowest BCUT2D eigenvalue weighted by Crippen LogP contribution is -2.29. The smallest absolute Gasteiger partial charge is 0.119 e. The molecule has 1 fully saturated rings. The van der Waals surface area contributed by atoms with Gasteiger partial charge in [-0.2, -0.15) is 0 Å². The second kappa shape index (κ2) is 6.95. The molecule has 2 N–H and O–H groups in total. The molecule has 1 aromatic carbocycles. The van der Waals surface area contributed by atoms with E-state index in [1.54, 1.807) is 0 Å². The molecule has 1 aliphatic rings. The Hall–Kier alpha value is -1.02. The van der Waals surface area contributed by atoms with E-state index in [1.165, 1.54) is 37.7 Å². The van der Waals surface area contributed by atoms with Crippen molar-refractivity contribution < 1.29 is 4.74 Å². The first kappa shape index (κ1) is 14.4. The molecule has 0 saturated heterocycles. The van der Waals surface area contributed by atoms with Crippen LogP contribution in [0.15, 0.2) is 24.3 Å². The Labute approximate surface area is 117 Å². The summed E-state index contributed by atoms with van der Waals surface area (Å²) in [7, 11) is 0. The molecule has 0 spiro atoms. The van der Waals surface area contributed by atoms with Gasteiger partial charge in [-0.3, -0.25) is 0 Å². The fraction of sp³-hybridized carbons (Fsp3) is 0.647. The maximum absolute atomic E-state index is 6.19. The van der Waals surface area contributed by atoms with Gasteiger partial charge in [0.15, 0.2) is 0 Å². The van der Waals surface area contributed by atoms with Crippen molar-refractivity contribution in [2.45, 2.75) is 64.5 Å². The highest BCUT2D eigenvalue weighted by Gasteiger charge is 2.25. The molecule has 0 radical (unpaired) electrons. The summed E-state index contributed by atoms with van der Waals surface area (Å²) < 4.78 is 6.19. The third kappa shape index (κ3) is 4.24. The van der Waals surface area contributed by atoms with Crippen molar-refractivity contribution >= 4 is 0 Å². The van der Waals surface area contributed by atoms with Crippen LogP contribution < -0.4 is 10.5 Å². The Morgan fingerprint density at radius 1 is 1.21 bits per heavy atom. The van der Waals surface area contributed by atoms with Crippen molar-refractivity contribution in [3.05, 3.63) is 29.8 Å². The van der Waals surface area contributed by atoms with Gasteiger partial charge in [0, 0.05) is 6.04 Å². The van der Waals surface area contributed by atoms with E-state index in [0.717, 1.165) is 18.1 Å². The normalized spacial score (nSPS) is 25.0. The third-order valence-corrected chi connectivity index (χ3v) is 4.13. The van der Waals surface area contributed by atoms with Gasteiger partial charge < -0.3 is 10.5 Å². The summed E-state index contributed by atoms with van der Waals surface area (Å²) >= 11 is 0. The van der Waals surface area contributed by atoms with Crippen LogP contribution in [0, 0.1) is 5.92 Å². The Balaban J connectivity index is 1.94. The molecule has 3 unspecified atom stereocenters. The van der Waals surface area contributed by atoms with Crippen LogP contribution in [0.5, 0.6) is 5.75 Å². The van der Waals surface area contributed by atoms with Crippen molar-refractivity contribution in [2.75, 3.05) is 0 Å². The van der Waals surface area contributed by atoms with Gasteiger partial charge >= 0.3 is 0 Å². The standard InChI is InChI=1S/C17H27NO/c1-3-15-6-4-5-7-17(15)19-16-10-8-14(9-11-16)12-13(2)18/h8-11,13,15,17H,3-7,12,18H2,1-2H3. The summed E-state index contributed by atoms with van der Waals surface area (Å²) in [6.45, 7) is 4.32. The van der Waals surface area contributed by atoms with Crippen molar-refractivity contribution in [1.82, 2.24) is 0 Å². The van der Waals surface area contributed by atoms with Crippen molar-refractivity contribution in [3.8, 4) is 5.75 Å². The van der Waals surface area contributed by atoms with Gasteiger partial charge in [-0.15, -0.1) is 0 Å². The summed E-state index contributed by atoms with van der Waals surface area (Å²) in [5.74, 6) is 1.75. The van der Waals surface area contributed by atoms with Gasteiger partial charge in [-0.1, -0.05) is 25.5 Å². The zero-order valence-corrected chi connectivity index (χ0v) is 12.3. The Morgan fingerprint density at radius 2 is 1.89 bits per heavy atom. The summed E-state index contributed by atoms with van der Waals surface area (Å²) in [6.07, 6.45) is 7.78. The third-order valence-electron chi connectivity index (χ3n) is 4.13. The molecule has 2 heteroatoms. The monoisotopic (exact) mass is 261 g/mol. The van der Waals surface area contributed by atoms with E-state index in [0.29, 0.717) is 6.10 Å². The van der Waals surface area contributed by atoms with Crippen LogP contribution in [0.3, 0.4) is 0 Å². The largest absolute Gasteiger partial charge is 0.490 e. The predicted octanol–water partition coefficient (Wildman–Crippen LogP) is 3.92. The van der Waals surface area contributed by atoms with E-state index >= 15 is 0 Å². The molecule has 19 heavy (non-hydrogen) atoms. The average Bonchev–Trinajstić information content (AvgIpc) is 2.41. The molecule has 0 aromatic heterocycles. The van der Waals surface area contributed by atoms with Crippen LogP contribution in [0.25, 0.3) is 0 Å².